The summed E-state index contributed by atoms with van der Waals surface area (Å²) in [6, 6.07) is 0.0381. The monoisotopic (exact) mass is 226 g/mol. The number of carbonyl (C=O) groups excluding carboxylic acids is 1. The van der Waals surface area contributed by atoms with E-state index in [4.69, 9.17) is 5.11 Å². The molecule has 1 aromatic heterocycles. The highest BCUT2D eigenvalue weighted by Gasteiger charge is 2.23. The number of aliphatic carboxylic acids is 1. The molecular weight excluding hydrogens is 215 g/mol. The van der Waals surface area contributed by atoms with E-state index in [0.29, 0.717) is 0 Å². The normalized spacial score (nSPS) is 11.9. The molecule has 1 unspecified atom stereocenters. The molecule has 0 bridgehead atoms. The smallest absolute Gasteiger partial charge is 0.326 e. The number of rotatable bonds is 3. The van der Waals surface area contributed by atoms with Crippen molar-refractivity contribution in [3.05, 3.63) is 29.8 Å². The molecule has 0 aromatic carbocycles. The molecule has 86 valence electrons. The molecule has 1 rings (SSSR count). The molecular formula is C10H11FN2O3. The summed E-state index contributed by atoms with van der Waals surface area (Å²) in [7, 11) is 1.34. The van der Waals surface area contributed by atoms with Crippen LogP contribution in [0.2, 0.25) is 0 Å². The van der Waals surface area contributed by atoms with Crippen LogP contribution in [-0.2, 0) is 4.79 Å². The van der Waals surface area contributed by atoms with Gasteiger partial charge in [-0.2, -0.15) is 0 Å². The van der Waals surface area contributed by atoms with Crippen molar-refractivity contribution in [3.8, 4) is 0 Å². The third-order valence-electron chi connectivity index (χ3n) is 2.21. The van der Waals surface area contributed by atoms with Gasteiger partial charge >= 0.3 is 5.97 Å². The van der Waals surface area contributed by atoms with E-state index in [-0.39, 0.29) is 5.56 Å². The maximum atomic E-state index is 12.8. The Kier molecular flexibility index (Phi) is 3.55. The molecule has 1 aromatic rings. The van der Waals surface area contributed by atoms with Crippen molar-refractivity contribution in [2.45, 2.75) is 13.0 Å². The minimum atomic E-state index is -1.12. The van der Waals surface area contributed by atoms with Gasteiger partial charge in [0.25, 0.3) is 5.91 Å². The number of carboxylic acid groups (broad SMARTS) is 1. The second-order valence-corrected chi connectivity index (χ2v) is 3.32. The van der Waals surface area contributed by atoms with E-state index in [9.17, 15) is 14.0 Å². The highest BCUT2D eigenvalue weighted by atomic mass is 19.1. The summed E-state index contributed by atoms with van der Waals surface area (Å²) >= 11 is 0. The summed E-state index contributed by atoms with van der Waals surface area (Å²) in [5, 5.41) is 8.72. The van der Waals surface area contributed by atoms with E-state index in [0.717, 1.165) is 17.2 Å². The molecule has 1 heterocycles. The van der Waals surface area contributed by atoms with Gasteiger partial charge in [0, 0.05) is 13.2 Å². The fourth-order valence-corrected chi connectivity index (χ4v) is 1.07. The molecule has 1 atom stereocenters. The molecule has 16 heavy (non-hydrogen) atoms. The van der Waals surface area contributed by atoms with E-state index in [1.165, 1.54) is 20.2 Å². The average Bonchev–Trinajstić information content (AvgIpc) is 2.26. The Bertz CT molecular complexity index is 422. The van der Waals surface area contributed by atoms with E-state index >= 15 is 0 Å². The zero-order valence-electron chi connectivity index (χ0n) is 8.85. The number of amides is 1. The summed E-state index contributed by atoms with van der Waals surface area (Å²) in [5.74, 6) is -2.34. The van der Waals surface area contributed by atoms with Crippen LogP contribution in [0.4, 0.5) is 4.39 Å². The topological polar surface area (TPSA) is 70.5 Å². The summed E-state index contributed by atoms with van der Waals surface area (Å²) in [6.45, 7) is 1.37. The molecule has 0 aliphatic rings. The SMILES string of the molecule is CC(C(=O)O)N(C)C(=O)c1cncc(F)c1. The Hall–Kier alpha value is -1.98. The Morgan fingerprint density at radius 1 is 1.50 bits per heavy atom. The van der Waals surface area contributed by atoms with Crippen LogP contribution < -0.4 is 0 Å². The lowest BCUT2D eigenvalue weighted by atomic mass is 10.2. The lowest BCUT2D eigenvalue weighted by molar-refractivity contribution is -0.141. The Morgan fingerprint density at radius 2 is 2.12 bits per heavy atom. The zero-order valence-corrected chi connectivity index (χ0v) is 8.85. The second kappa shape index (κ2) is 4.69. The van der Waals surface area contributed by atoms with Crippen LogP contribution in [0.25, 0.3) is 0 Å². The average molecular weight is 226 g/mol. The third-order valence-corrected chi connectivity index (χ3v) is 2.21. The first-order chi connectivity index (χ1) is 7.43. The van der Waals surface area contributed by atoms with Gasteiger partial charge in [-0.15, -0.1) is 0 Å². The van der Waals surface area contributed by atoms with E-state index in [2.05, 4.69) is 4.98 Å². The van der Waals surface area contributed by atoms with Gasteiger partial charge in [0.05, 0.1) is 11.8 Å². The third kappa shape index (κ3) is 2.53. The van der Waals surface area contributed by atoms with Crippen molar-refractivity contribution >= 4 is 11.9 Å². The fraction of sp³-hybridized carbons (Fsp3) is 0.300. The summed E-state index contributed by atoms with van der Waals surface area (Å²) in [6.07, 6.45) is 2.16. The molecule has 0 spiro atoms. The summed E-state index contributed by atoms with van der Waals surface area (Å²) in [5.41, 5.74) is 0.0237. The van der Waals surface area contributed by atoms with Gasteiger partial charge in [-0.05, 0) is 13.0 Å². The quantitative estimate of drug-likeness (QED) is 0.826. The van der Waals surface area contributed by atoms with Gasteiger partial charge in [0.1, 0.15) is 11.9 Å². The van der Waals surface area contributed by atoms with Crippen molar-refractivity contribution < 1.29 is 19.1 Å². The van der Waals surface area contributed by atoms with Crippen LogP contribution in [0.5, 0.6) is 0 Å². The van der Waals surface area contributed by atoms with Gasteiger partial charge in [-0.1, -0.05) is 0 Å². The molecule has 0 aliphatic carbocycles. The van der Waals surface area contributed by atoms with E-state index in [1.54, 1.807) is 0 Å². The number of hydrogen-bond donors (Lipinski definition) is 1. The molecule has 0 aliphatic heterocycles. The van der Waals surface area contributed by atoms with E-state index < -0.39 is 23.7 Å². The van der Waals surface area contributed by atoms with Crippen LogP contribution in [0.1, 0.15) is 17.3 Å². The Morgan fingerprint density at radius 3 is 2.62 bits per heavy atom. The molecule has 0 saturated carbocycles. The van der Waals surface area contributed by atoms with Crippen LogP contribution in [-0.4, -0.2) is 40.0 Å². The molecule has 0 fully saturated rings. The van der Waals surface area contributed by atoms with Crippen LogP contribution in [0.15, 0.2) is 18.5 Å². The summed E-state index contributed by atoms with van der Waals surface area (Å²) < 4.78 is 12.8. The van der Waals surface area contributed by atoms with Crippen molar-refractivity contribution in [3.63, 3.8) is 0 Å². The van der Waals surface area contributed by atoms with E-state index in [1.807, 2.05) is 0 Å². The zero-order chi connectivity index (χ0) is 12.3. The Balaban J connectivity index is 2.90. The number of likely N-dealkylation sites (N-methyl/N-ethyl adjacent to an activating group) is 1. The highest BCUT2D eigenvalue weighted by molar-refractivity contribution is 5.96. The first-order valence-corrected chi connectivity index (χ1v) is 4.54. The predicted octanol–water partition coefficient (Wildman–Crippen LogP) is 0.766. The standard InChI is InChI=1S/C10H11FN2O3/c1-6(10(15)16)13(2)9(14)7-3-8(11)5-12-4-7/h3-6H,1-2H3,(H,15,16). The number of aromatic nitrogens is 1. The van der Waals surface area contributed by atoms with Crippen molar-refractivity contribution in [2.24, 2.45) is 0 Å². The van der Waals surface area contributed by atoms with Crippen LogP contribution in [0, 0.1) is 5.82 Å². The van der Waals surface area contributed by atoms with Crippen LogP contribution >= 0.6 is 0 Å². The predicted molar refractivity (Wildman–Crippen MR) is 53.4 cm³/mol. The molecule has 6 heteroatoms. The maximum absolute atomic E-state index is 12.8. The molecule has 5 nitrogen and oxygen atoms in total. The second-order valence-electron chi connectivity index (χ2n) is 3.32. The van der Waals surface area contributed by atoms with Crippen LogP contribution in [0.3, 0.4) is 0 Å². The van der Waals surface area contributed by atoms with Gasteiger partial charge < -0.3 is 10.0 Å². The molecule has 0 radical (unpaired) electrons. The van der Waals surface area contributed by atoms with Gasteiger partial charge in [0.15, 0.2) is 0 Å². The molecule has 1 amide bonds. The number of nitrogens with zero attached hydrogens (tertiary/aromatic N) is 2. The Labute approximate surface area is 91.5 Å². The highest BCUT2D eigenvalue weighted by Crippen LogP contribution is 2.07. The van der Waals surface area contributed by atoms with Crippen molar-refractivity contribution in [1.82, 2.24) is 9.88 Å². The van der Waals surface area contributed by atoms with Gasteiger partial charge in [0.2, 0.25) is 0 Å². The fourth-order valence-electron chi connectivity index (χ4n) is 1.07. The summed E-state index contributed by atoms with van der Waals surface area (Å²) in [4.78, 5) is 26.9. The first kappa shape index (κ1) is 12.1. The lowest BCUT2D eigenvalue weighted by Crippen LogP contribution is -2.40. The van der Waals surface area contributed by atoms with Gasteiger partial charge in [-0.25, -0.2) is 9.18 Å². The largest absolute Gasteiger partial charge is 0.480 e. The molecule has 1 N–H and O–H groups in total. The number of hydrogen-bond acceptors (Lipinski definition) is 3. The number of pyridine rings is 1. The number of carbonyl (C=O) groups is 2. The minimum Gasteiger partial charge on any atom is -0.480 e. The van der Waals surface area contributed by atoms with Gasteiger partial charge in [-0.3, -0.25) is 9.78 Å². The molecule has 0 saturated heterocycles. The van der Waals surface area contributed by atoms with Crippen molar-refractivity contribution in [1.29, 1.82) is 0 Å². The minimum absolute atomic E-state index is 0.0237. The first-order valence-electron chi connectivity index (χ1n) is 4.54. The number of halogens is 1. The van der Waals surface area contributed by atoms with Crippen molar-refractivity contribution in [2.75, 3.05) is 7.05 Å². The maximum Gasteiger partial charge on any atom is 0.326 e. The lowest BCUT2D eigenvalue weighted by Gasteiger charge is -2.21. The number of carboxylic acids is 1.